The van der Waals surface area contributed by atoms with Crippen molar-refractivity contribution in [3.05, 3.63) is 59.7 Å². The second kappa shape index (κ2) is 9.60. The molecule has 0 amide bonds. The van der Waals surface area contributed by atoms with Crippen molar-refractivity contribution in [3.63, 3.8) is 0 Å². The maximum Gasteiger partial charge on any atom is 0.122 e. The lowest BCUT2D eigenvalue weighted by molar-refractivity contribution is 0.0569. The molecule has 0 saturated heterocycles. The van der Waals surface area contributed by atoms with Crippen molar-refractivity contribution in [2.75, 3.05) is 33.4 Å². The second-order valence-electron chi connectivity index (χ2n) is 6.66. The van der Waals surface area contributed by atoms with E-state index in [-0.39, 0.29) is 0 Å². The summed E-state index contributed by atoms with van der Waals surface area (Å²) in [4.78, 5) is 2.33. The van der Waals surface area contributed by atoms with Crippen LogP contribution in [0.2, 0.25) is 0 Å². The number of methoxy groups -OCH3 is 1. The predicted octanol–water partition coefficient (Wildman–Crippen LogP) is 3.87. The fourth-order valence-corrected chi connectivity index (χ4v) is 3.06. The summed E-state index contributed by atoms with van der Waals surface area (Å²) in [6, 6.07) is 15.5. The van der Waals surface area contributed by atoms with E-state index < -0.39 is 5.60 Å². The van der Waals surface area contributed by atoms with Gasteiger partial charge in [0.05, 0.1) is 12.7 Å². The van der Waals surface area contributed by atoms with Gasteiger partial charge in [-0.15, -0.1) is 0 Å². The van der Waals surface area contributed by atoms with Crippen LogP contribution in [0.5, 0.6) is 11.5 Å². The van der Waals surface area contributed by atoms with E-state index in [0.29, 0.717) is 13.0 Å². The minimum absolute atomic E-state index is 0.485. The SMILES string of the molecule is CCN(CC)CCOc1ccc(C(C)(O)Cc2ccccc2OC)cc1. The molecule has 0 aliphatic carbocycles. The first-order valence-corrected chi connectivity index (χ1v) is 9.30. The number of hydrogen-bond donors (Lipinski definition) is 1. The van der Waals surface area contributed by atoms with Crippen LogP contribution in [-0.4, -0.2) is 43.4 Å². The van der Waals surface area contributed by atoms with Crippen LogP contribution in [0.25, 0.3) is 0 Å². The van der Waals surface area contributed by atoms with Gasteiger partial charge in [-0.25, -0.2) is 0 Å². The Hall–Kier alpha value is -2.04. The van der Waals surface area contributed by atoms with Crippen molar-refractivity contribution in [2.45, 2.75) is 32.8 Å². The van der Waals surface area contributed by atoms with E-state index in [4.69, 9.17) is 9.47 Å². The van der Waals surface area contributed by atoms with Gasteiger partial charge in [-0.3, -0.25) is 0 Å². The number of ether oxygens (including phenoxy) is 2. The summed E-state index contributed by atoms with van der Waals surface area (Å²) in [6.45, 7) is 9.79. The molecule has 4 nitrogen and oxygen atoms in total. The molecule has 2 rings (SSSR count). The third-order valence-corrected chi connectivity index (χ3v) is 4.77. The number of hydrogen-bond acceptors (Lipinski definition) is 4. The molecule has 4 heteroatoms. The summed E-state index contributed by atoms with van der Waals surface area (Å²) in [5, 5.41) is 11.0. The summed E-state index contributed by atoms with van der Waals surface area (Å²) < 4.78 is 11.2. The molecule has 0 heterocycles. The lowest BCUT2D eigenvalue weighted by atomic mass is 9.88. The highest BCUT2D eigenvalue weighted by molar-refractivity contribution is 5.37. The molecule has 0 aromatic heterocycles. The van der Waals surface area contributed by atoms with Crippen LogP contribution >= 0.6 is 0 Å². The molecule has 0 radical (unpaired) electrons. The van der Waals surface area contributed by atoms with E-state index in [2.05, 4.69) is 18.7 Å². The average molecular weight is 357 g/mol. The largest absolute Gasteiger partial charge is 0.496 e. The fraction of sp³-hybridized carbons (Fsp3) is 0.455. The maximum absolute atomic E-state index is 11.0. The summed E-state index contributed by atoms with van der Waals surface area (Å²) in [7, 11) is 1.65. The van der Waals surface area contributed by atoms with Crippen LogP contribution < -0.4 is 9.47 Å². The molecule has 1 N–H and O–H groups in total. The smallest absolute Gasteiger partial charge is 0.122 e. The van der Waals surface area contributed by atoms with Crippen LogP contribution in [0.3, 0.4) is 0 Å². The lowest BCUT2D eigenvalue weighted by Gasteiger charge is -2.25. The topological polar surface area (TPSA) is 41.9 Å². The highest BCUT2D eigenvalue weighted by Gasteiger charge is 2.25. The van der Waals surface area contributed by atoms with Crippen LogP contribution in [0.4, 0.5) is 0 Å². The fourth-order valence-electron chi connectivity index (χ4n) is 3.06. The third kappa shape index (κ3) is 5.48. The zero-order chi connectivity index (χ0) is 19.0. The van der Waals surface area contributed by atoms with Gasteiger partial charge in [0.1, 0.15) is 18.1 Å². The summed E-state index contributed by atoms with van der Waals surface area (Å²) >= 11 is 0. The molecule has 0 saturated carbocycles. The van der Waals surface area contributed by atoms with Crippen LogP contribution in [0.1, 0.15) is 31.9 Å². The first-order valence-electron chi connectivity index (χ1n) is 9.30. The molecule has 0 aliphatic heterocycles. The molecular weight excluding hydrogens is 326 g/mol. The van der Waals surface area contributed by atoms with Crippen molar-refractivity contribution < 1.29 is 14.6 Å². The van der Waals surface area contributed by atoms with Gasteiger partial charge in [0.2, 0.25) is 0 Å². The molecule has 0 spiro atoms. The Bertz CT molecular complexity index is 663. The van der Waals surface area contributed by atoms with Gasteiger partial charge in [-0.2, -0.15) is 0 Å². The van der Waals surface area contributed by atoms with Gasteiger partial charge in [-0.05, 0) is 49.3 Å². The Kier molecular flexibility index (Phi) is 7.49. The quantitative estimate of drug-likeness (QED) is 0.701. The number of rotatable bonds is 10. The minimum atomic E-state index is -0.978. The van der Waals surface area contributed by atoms with Crippen molar-refractivity contribution in [2.24, 2.45) is 0 Å². The highest BCUT2D eigenvalue weighted by Crippen LogP contribution is 2.30. The van der Waals surface area contributed by atoms with Crippen LogP contribution in [0, 0.1) is 0 Å². The molecule has 2 aromatic rings. The number of nitrogens with zero attached hydrogens (tertiary/aromatic N) is 1. The van der Waals surface area contributed by atoms with Gasteiger partial charge in [0.15, 0.2) is 0 Å². The Morgan fingerprint density at radius 2 is 1.65 bits per heavy atom. The van der Waals surface area contributed by atoms with E-state index in [1.54, 1.807) is 7.11 Å². The molecule has 2 aromatic carbocycles. The number of likely N-dealkylation sites (N-methyl/N-ethyl adjacent to an activating group) is 1. The monoisotopic (exact) mass is 357 g/mol. The van der Waals surface area contributed by atoms with Crippen molar-refractivity contribution >= 4 is 0 Å². The van der Waals surface area contributed by atoms with E-state index in [1.807, 2.05) is 55.5 Å². The highest BCUT2D eigenvalue weighted by atomic mass is 16.5. The molecular formula is C22H31NO3. The minimum Gasteiger partial charge on any atom is -0.496 e. The first kappa shape index (κ1) is 20.3. The number of para-hydroxylation sites is 1. The van der Waals surface area contributed by atoms with Gasteiger partial charge >= 0.3 is 0 Å². The Balaban J connectivity index is 1.99. The summed E-state index contributed by atoms with van der Waals surface area (Å²) in [6.07, 6.45) is 0.485. The Morgan fingerprint density at radius 3 is 2.27 bits per heavy atom. The summed E-state index contributed by atoms with van der Waals surface area (Å²) in [5.41, 5.74) is 0.869. The van der Waals surface area contributed by atoms with Crippen molar-refractivity contribution in [1.29, 1.82) is 0 Å². The Morgan fingerprint density at radius 1 is 1.00 bits per heavy atom. The van der Waals surface area contributed by atoms with Gasteiger partial charge in [0, 0.05) is 13.0 Å². The van der Waals surface area contributed by atoms with Crippen LogP contribution in [-0.2, 0) is 12.0 Å². The molecule has 0 aliphatic rings. The van der Waals surface area contributed by atoms with Gasteiger partial charge in [0.25, 0.3) is 0 Å². The van der Waals surface area contributed by atoms with Gasteiger partial charge in [-0.1, -0.05) is 44.2 Å². The number of aliphatic hydroxyl groups is 1. The van der Waals surface area contributed by atoms with Crippen molar-refractivity contribution in [1.82, 2.24) is 4.90 Å². The first-order chi connectivity index (χ1) is 12.5. The van der Waals surface area contributed by atoms with Crippen molar-refractivity contribution in [3.8, 4) is 11.5 Å². The lowest BCUT2D eigenvalue weighted by Crippen LogP contribution is -2.28. The molecule has 0 bridgehead atoms. The molecule has 26 heavy (non-hydrogen) atoms. The zero-order valence-electron chi connectivity index (χ0n) is 16.4. The standard InChI is InChI=1S/C22H31NO3/c1-5-23(6-2)15-16-26-20-13-11-19(12-14-20)22(3,24)17-18-9-7-8-10-21(18)25-4/h7-14,24H,5-6,15-17H2,1-4H3. The van der Waals surface area contributed by atoms with Gasteiger partial charge < -0.3 is 19.5 Å². The third-order valence-electron chi connectivity index (χ3n) is 4.77. The summed E-state index contributed by atoms with van der Waals surface area (Å²) in [5.74, 6) is 1.62. The molecule has 1 unspecified atom stereocenters. The molecule has 1 atom stereocenters. The van der Waals surface area contributed by atoms with E-state index in [9.17, 15) is 5.11 Å². The maximum atomic E-state index is 11.0. The van der Waals surface area contributed by atoms with E-state index in [1.165, 1.54) is 0 Å². The Labute approximate surface area is 157 Å². The number of benzene rings is 2. The average Bonchev–Trinajstić information content (AvgIpc) is 2.66. The van der Waals surface area contributed by atoms with Crippen LogP contribution in [0.15, 0.2) is 48.5 Å². The zero-order valence-corrected chi connectivity index (χ0v) is 16.4. The normalized spacial score (nSPS) is 13.5. The predicted molar refractivity (Wildman–Crippen MR) is 106 cm³/mol. The molecule has 142 valence electrons. The second-order valence-corrected chi connectivity index (χ2v) is 6.66. The van der Waals surface area contributed by atoms with E-state index >= 15 is 0 Å². The molecule has 0 fully saturated rings. The van der Waals surface area contributed by atoms with E-state index in [0.717, 1.165) is 42.3 Å².